The van der Waals surface area contributed by atoms with Crippen LogP contribution in [0.4, 0.5) is 5.69 Å². The molecule has 0 bridgehead atoms. The molecule has 4 nitrogen and oxygen atoms in total. The summed E-state index contributed by atoms with van der Waals surface area (Å²) in [7, 11) is 0. The Morgan fingerprint density at radius 2 is 2.00 bits per heavy atom. The lowest BCUT2D eigenvalue weighted by Gasteiger charge is -2.14. The summed E-state index contributed by atoms with van der Waals surface area (Å²) in [4.78, 5) is 15.9. The van der Waals surface area contributed by atoms with Gasteiger partial charge in [0.2, 0.25) is 5.91 Å². The molecule has 1 amide bonds. The van der Waals surface area contributed by atoms with Crippen molar-refractivity contribution in [3.8, 4) is 0 Å². The minimum atomic E-state index is 0.0402. The highest BCUT2D eigenvalue weighted by atomic mass is 16.1. The molecule has 0 aliphatic rings. The lowest BCUT2D eigenvalue weighted by molar-refractivity contribution is -0.121. The number of carbonyl (C=O) groups is 1. The summed E-state index contributed by atoms with van der Waals surface area (Å²) in [6.07, 6.45) is 3.94. The van der Waals surface area contributed by atoms with Crippen molar-refractivity contribution in [3.63, 3.8) is 0 Å². The Kier molecular flexibility index (Phi) is 5.95. The topological polar surface area (TPSA) is 54.0 Å². The third kappa shape index (κ3) is 4.88. The van der Waals surface area contributed by atoms with Gasteiger partial charge in [-0.2, -0.15) is 0 Å². The molecule has 0 radical (unpaired) electrons. The number of benzene rings is 1. The number of amides is 1. The molecule has 1 aromatic carbocycles. The fourth-order valence-corrected chi connectivity index (χ4v) is 2.26. The van der Waals surface area contributed by atoms with Gasteiger partial charge in [0.1, 0.15) is 0 Å². The summed E-state index contributed by atoms with van der Waals surface area (Å²) in [5, 5.41) is 6.25. The van der Waals surface area contributed by atoms with Crippen molar-refractivity contribution in [1.82, 2.24) is 10.3 Å². The molecule has 1 aromatic heterocycles. The zero-order chi connectivity index (χ0) is 15.8. The van der Waals surface area contributed by atoms with E-state index in [-0.39, 0.29) is 5.91 Å². The molecule has 2 rings (SSSR count). The number of rotatable bonds is 7. The second kappa shape index (κ2) is 8.17. The Hall–Kier alpha value is -2.36. The molecule has 0 unspecified atom stereocenters. The average Bonchev–Trinajstić information content (AvgIpc) is 2.54. The van der Waals surface area contributed by atoms with Crippen molar-refractivity contribution in [2.75, 3.05) is 11.9 Å². The van der Waals surface area contributed by atoms with E-state index in [9.17, 15) is 4.79 Å². The maximum atomic E-state index is 11.9. The van der Waals surface area contributed by atoms with E-state index in [1.165, 1.54) is 5.56 Å². The van der Waals surface area contributed by atoms with Crippen LogP contribution < -0.4 is 10.6 Å². The van der Waals surface area contributed by atoms with Crippen molar-refractivity contribution in [2.24, 2.45) is 0 Å². The van der Waals surface area contributed by atoms with E-state index in [1.54, 1.807) is 12.4 Å². The van der Waals surface area contributed by atoms with Crippen LogP contribution in [0.1, 0.15) is 37.3 Å². The SMILES string of the molecule is CC(C)c1ccccc1NCCC(=O)NCc1cccnc1. The van der Waals surface area contributed by atoms with Gasteiger partial charge in [0, 0.05) is 37.6 Å². The van der Waals surface area contributed by atoms with Gasteiger partial charge in [-0.3, -0.25) is 9.78 Å². The minimum absolute atomic E-state index is 0.0402. The second-order valence-electron chi connectivity index (χ2n) is 5.56. The summed E-state index contributed by atoms with van der Waals surface area (Å²) in [5.41, 5.74) is 3.39. The maximum absolute atomic E-state index is 11.9. The van der Waals surface area contributed by atoms with Gasteiger partial charge in [-0.15, -0.1) is 0 Å². The first-order chi connectivity index (χ1) is 10.7. The molecule has 1 heterocycles. The van der Waals surface area contributed by atoms with E-state index in [1.807, 2.05) is 24.3 Å². The van der Waals surface area contributed by atoms with Gasteiger partial charge >= 0.3 is 0 Å². The highest BCUT2D eigenvalue weighted by molar-refractivity contribution is 5.76. The quantitative estimate of drug-likeness (QED) is 0.824. The number of nitrogens with zero attached hydrogens (tertiary/aromatic N) is 1. The monoisotopic (exact) mass is 297 g/mol. The molecule has 0 saturated heterocycles. The predicted octanol–water partition coefficient (Wildman–Crippen LogP) is 3.32. The van der Waals surface area contributed by atoms with Crippen LogP contribution in [-0.2, 0) is 11.3 Å². The van der Waals surface area contributed by atoms with Crippen molar-refractivity contribution in [2.45, 2.75) is 32.7 Å². The Morgan fingerprint density at radius 3 is 2.73 bits per heavy atom. The van der Waals surface area contributed by atoms with Gasteiger partial charge in [-0.05, 0) is 29.2 Å². The van der Waals surface area contributed by atoms with Crippen LogP contribution in [0.15, 0.2) is 48.8 Å². The van der Waals surface area contributed by atoms with Crippen LogP contribution in [0.3, 0.4) is 0 Å². The Balaban J connectivity index is 1.75. The molecule has 0 atom stereocenters. The van der Waals surface area contributed by atoms with Gasteiger partial charge < -0.3 is 10.6 Å². The van der Waals surface area contributed by atoms with Crippen molar-refractivity contribution >= 4 is 11.6 Å². The van der Waals surface area contributed by atoms with E-state index in [0.29, 0.717) is 25.4 Å². The van der Waals surface area contributed by atoms with Crippen LogP contribution >= 0.6 is 0 Å². The first-order valence-corrected chi connectivity index (χ1v) is 7.65. The fourth-order valence-electron chi connectivity index (χ4n) is 2.26. The normalized spacial score (nSPS) is 10.5. The third-order valence-electron chi connectivity index (χ3n) is 3.46. The van der Waals surface area contributed by atoms with Gasteiger partial charge in [-0.25, -0.2) is 0 Å². The van der Waals surface area contributed by atoms with Crippen molar-refractivity contribution in [1.29, 1.82) is 0 Å². The molecular formula is C18H23N3O. The van der Waals surface area contributed by atoms with Crippen molar-refractivity contribution in [3.05, 3.63) is 59.9 Å². The summed E-state index contributed by atoms with van der Waals surface area (Å²) in [6, 6.07) is 12.0. The van der Waals surface area contributed by atoms with E-state index < -0.39 is 0 Å². The summed E-state index contributed by atoms with van der Waals surface area (Å²) in [6.45, 7) is 5.49. The van der Waals surface area contributed by atoms with Crippen LogP contribution in [0.5, 0.6) is 0 Å². The number of pyridine rings is 1. The number of hydrogen-bond acceptors (Lipinski definition) is 3. The molecule has 116 valence electrons. The molecule has 4 heteroatoms. The zero-order valence-electron chi connectivity index (χ0n) is 13.2. The second-order valence-corrected chi connectivity index (χ2v) is 5.56. The first kappa shape index (κ1) is 16.0. The van der Waals surface area contributed by atoms with E-state index >= 15 is 0 Å². The Bertz CT molecular complexity index is 596. The van der Waals surface area contributed by atoms with E-state index in [2.05, 4.69) is 41.6 Å². The number of anilines is 1. The molecule has 0 fully saturated rings. The maximum Gasteiger partial charge on any atom is 0.222 e. The largest absolute Gasteiger partial charge is 0.384 e. The minimum Gasteiger partial charge on any atom is -0.384 e. The van der Waals surface area contributed by atoms with Crippen LogP contribution in [0.25, 0.3) is 0 Å². The highest BCUT2D eigenvalue weighted by Crippen LogP contribution is 2.23. The van der Waals surface area contributed by atoms with Crippen molar-refractivity contribution < 1.29 is 4.79 Å². The van der Waals surface area contributed by atoms with Crippen LogP contribution in [0, 0.1) is 0 Å². The van der Waals surface area contributed by atoms with Gasteiger partial charge in [-0.1, -0.05) is 38.1 Å². The third-order valence-corrected chi connectivity index (χ3v) is 3.46. The Morgan fingerprint density at radius 1 is 1.18 bits per heavy atom. The van der Waals surface area contributed by atoms with Crippen LogP contribution in [0.2, 0.25) is 0 Å². The molecule has 0 saturated carbocycles. The molecule has 2 aromatic rings. The number of aromatic nitrogens is 1. The predicted molar refractivity (Wildman–Crippen MR) is 89.7 cm³/mol. The van der Waals surface area contributed by atoms with E-state index in [0.717, 1.165) is 11.3 Å². The van der Waals surface area contributed by atoms with Crippen LogP contribution in [-0.4, -0.2) is 17.4 Å². The molecule has 0 spiro atoms. The zero-order valence-corrected chi connectivity index (χ0v) is 13.2. The first-order valence-electron chi connectivity index (χ1n) is 7.65. The number of hydrogen-bond donors (Lipinski definition) is 2. The molecule has 2 N–H and O–H groups in total. The summed E-state index contributed by atoms with van der Waals surface area (Å²) in [5.74, 6) is 0.501. The lowest BCUT2D eigenvalue weighted by atomic mass is 10.0. The lowest BCUT2D eigenvalue weighted by Crippen LogP contribution is -2.25. The molecule has 0 aliphatic carbocycles. The summed E-state index contributed by atoms with van der Waals surface area (Å²) >= 11 is 0. The Labute approximate surface area is 132 Å². The molecule has 0 aliphatic heterocycles. The molecule has 22 heavy (non-hydrogen) atoms. The smallest absolute Gasteiger partial charge is 0.222 e. The standard InChI is InChI=1S/C18H23N3O/c1-14(2)16-7-3-4-8-17(16)20-11-9-18(22)21-13-15-6-5-10-19-12-15/h3-8,10,12,14,20H,9,11,13H2,1-2H3,(H,21,22). The fraction of sp³-hybridized carbons (Fsp3) is 0.333. The van der Waals surface area contributed by atoms with Gasteiger partial charge in [0.05, 0.1) is 0 Å². The summed E-state index contributed by atoms with van der Waals surface area (Å²) < 4.78 is 0. The highest BCUT2D eigenvalue weighted by Gasteiger charge is 2.06. The number of para-hydroxylation sites is 1. The van der Waals surface area contributed by atoms with E-state index in [4.69, 9.17) is 0 Å². The number of carbonyl (C=O) groups excluding carboxylic acids is 1. The average molecular weight is 297 g/mol. The van der Waals surface area contributed by atoms with Gasteiger partial charge in [0.25, 0.3) is 0 Å². The number of nitrogens with one attached hydrogen (secondary N) is 2. The molecular weight excluding hydrogens is 274 g/mol. The van der Waals surface area contributed by atoms with Gasteiger partial charge in [0.15, 0.2) is 0 Å².